The molecule has 2 aromatic carbocycles. The second-order valence-electron chi connectivity index (χ2n) is 6.50. The largest absolute Gasteiger partial charge is 0.467 e. The molecule has 27 heavy (non-hydrogen) atoms. The van der Waals surface area contributed by atoms with Gasteiger partial charge < -0.3 is 19.4 Å². The Morgan fingerprint density at radius 3 is 2.59 bits per heavy atom. The van der Waals surface area contributed by atoms with E-state index in [2.05, 4.69) is 46.4 Å². The Labute approximate surface area is 159 Å². The van der Waals surface area contributed by atoms with E-state index < -0.39 is 6.10 Å². The monoisotopic (exact) mass is 366 g/mol. The number of carbonyl (C=O) groups excluding carboxylic acids is 1. The van der Waals surface area contributed by atoms with Gasteiger partial charge in [0, 0.05) is 44.0 Å². The number of hydrogen-bond acceptors (Lipinski definition) is 4. The van der Waals surface area contributed by atoms with Gasteiger partial charge >= 0.3 is 5.97 Å². The van der Waals surface area contributed by atoms with Gasteiger partial charge in [-0.25, -0.2) is 4.79 Å². The molecule has 0 aliphatic carbocycles. The van der Waals surface area contributed by atoms with E-state index in [1.54, 1.807) is 0 Å². The van der Waals surface area contributed by atoms with E-state index in [1.165, 1.54) is 25.1 Å². The summed E-state index contributed by atoms with van der Waals surface area (Å²) in [5, 5.41) is 4.73. The highest BCUT2D eigenvalue weighted by atomic mass is 16.6. The van der Waals surface area contributed by atoms with Crippen molar-refractivity contribution < 1.29 is 14.3 Å². The molecule has 0 saturated heterocycles. The van der Waals surface area contributed by atoms with Crippen LogP contribution in [0.1, 0.15) is 12.0 Å². The van der Waals surface area contributed by atoms with Crippen LogP contribution in [0.5, 0.6) is 0 Å². The molecule has 0 radical (unpaired) electrons. The highest BCUT2D eigenvalue weighted by Crippen LogP contribution is 2.16. The van der Waals surface area contributed by atoms with E-state index in [0.29, 0.717) is 6.42 Å². The Morgan fingerprint density at radius 2 is 1.85 bits per heavy atom. The van der Waals surface area contributed by atoms with E-state index >= 15 is 0 Å². The lowest BCUT2D eigenvalue weighted by Gasteiger charge is -2.13. The number of para-hydroxylation sites is 1. The number of nitrogens with one attached hydrogen (secondary N) is 1. The summed E-state index contributed by atoms with van der Waals surface area (Å²) in [6.07, 6.45) is 3.12. The summed E-state index contributed by atoms with van der Waals surface area (Å²) in [7, 11) is 2.89. The molecule has 0 saturated carbocycles. The number of nitrogens with zero attached hydrogens (tertiary/aromatic N) is 1. The molecular weight excluding hydrogens is 340 g/mol. The Morgan fingerprint density at radius 1 is 1.07 bits per heavy atom. The van der Waals surface area contributed by atoms with Crippen LogP contribution < -0.4 is 5.32 Å². The molecule has 0 spiro atoms. The van der Waals surface area contributed by atoms with Crippen LogP contribution in [0.15, 0.2) is 60.8 Å². The molecule has 1 aromatic heterocycles. The summed E-state index contributed by atoms with van der Waals surface area (Å²) in [5.74, 6) is -0.350. The van der Waals surface area contributed by atoms with E-state index in [4.69, 9.17) is 9.47 Å². The van der Waals surface area contributed by atoms with Gasteiger partial charge in [0.25, 0.3) is 0 Å². The number of rotatable bonds is 9. The van der Waals surface area contributed by atoms with E-state index in [-0.39, 0.29) is 5.97 Å². The van der Waals surface area contributed by atoms with Gasteiger partial charge in [0.05, 0.1) is 7.11 Å². The molecule has 0 aliphatic rings. The van der Waals surface area contributed by atoms with Gasteiger partial charge in [0.1, 0.15) is 0 Å². The molecule has 3 rings (SSSR count). The van der Waals surface area contributed by atoms with Crippen molar-refractivity contribution in [3.63, 3.8) is 0 Å². The minimum Gasteiger partial charge on any atom is -0.467 e. The molecular formula is C22H26N2O3. The first-order chi connectivity index (χ1) is 13.2. The van der Waals surface area contributed by atoms with Gasteiger partial charge in [0.15, 0.2) is 6.10 Å². The number of aryl methyl sites for hydroxylation is 1. The summed E-state index contributed by atoms with van der Waals surface area (Å²) in [4.78, 5) is 11.6. The first kappa shape index (κ1) is 19.0. The van der Waals surface area contributed by atoms with Crippen LogP contribution in [0.3, 0.4) is 0 Å². The molecule has 1 heterocycles. The number of benzene rings is 2. The predicted molar refractivity (Wildman–Crippen MR) is 108 cm³/mol. The zero-order valence-electron chi connectivity index (χ0n) is 15.9. The van der Waals surface area contributed by atoms with Gasteiger partial charge in [-0.2, -0.15) is 0 Å². The Hall–Kier alpha value is -2.79. The van der Waals surface area contributed by atoms with Crippen LogP contribution >= 0.6 is 0 Å². The average molecular weight is 366 g/mol. The van der Waals surface area contributed by atoms with Crippen LogP contribution in [0.4, 0.5) is 5.69 Å². The van der Waals surface area contributed by atoms with Gasteiger partial charge in [0.2, 0.25) is 0 Å². The summed E-state index contributed by atoms with van der Waals surface area (Å²) in [5.41, 5.74) is 3.39. The highest BCUT2D eigenvalue weighted by molar-refractivity contribution is 5.79. The lowest BCUT2D eigenvalue weighted by molar-refractivity contribution is -0.152. The van der Waals surface area contributed by atoms with Crippen molar-refractivity contribution in [3.05, 3.63) is 66.4 Å². The van der Waals surface area contributed by atoms with Crippen LogP contribution in [0.2, 0.25) is 0 Å². The SMILES string of the molecule is COC(=O)[C@@H](Cc1ccc(NCCCn2ccc3ccccc32)cc1)OC. The zero-order valence-corrected chi connectivity index (χ0v) is 15.9. The van der Waals surface area contributed by atoms with Crippen molar-refractivity contribution in [1.82, 2.24) is 4.57 Å². The van der Waals surface area contributed by atoms with Gasteiger partial charge in [-0.3, -0.25) is 0 Å². The average Bonchev–Trinajstić information content (AvgIpc) is 3.13. The maximum absolute atomic E-state index is 11.6. The molecule has 0 bridgehead atoms. The molecule has 1 atom stereocenters. The third-order valence-corrected chi connectivity index (χ3v) is 4.71. The highest BCUT2D eigenvalue weighted by Gasteiger charge is 2.18. The molecule has 0 fully saturated rings. The number of methoxy groups -OCH3 is 2. The Bertz CT molecular complexity index is 871. The van der Waals surface area contributed by atoms with Crippen molar-refractivity contribution in [2.24, 2.45) is 0 Å². The lowest BCUT2D eigenvalue weighted by atomic mass is 10.1. The third-order valence-electron chi connectivity index (χ3n) is 4.71. The van der Waals surface area contributed by atoms with Gasteiger partial charge in [-0.05, 0) is 41.6 Å². The second kappa shape index (κ2) is 9.24. The summed E-state index contributed by atoms with van der Waals surface area (Å²) in [6.45, 7) is 1.88. The van der Waals surface area contributed by atoms with E-state index in [9.17, 15) is 4.79 Å². The van der Waals surface area contributed by atoms with Crippen LogP contribution in [0, 0.1) is 0 Å². The standard InChI is InChI=1S/C22H26N2O3/c1-26-21(22(25)27-2)16-17-8-10-19(11-9-17)23-13-5-14-24-15-12-18-6-3-4-7-20(18)24/h3-4,6-12,15,21,23H,5,13-14,16H2,1-2H3/t21-/m1/s1. The number of ether oxygens (including phenoxy) is 2. The predicted octanol–water partition coefficient (Wildman–Crippen LogP) is 3.87. The van der Waals surface area contributed by atoms with E-state index in [0.717, 1.165) is 30.8 Å². The van der Waals surface area contributed by atoms with Gasteiger partial charge in [-0.1, -0.05) is 30.3 Å². The Kier molecular flexibility index (Phi) is 6.49. The second-order valence-corrected chi connectivity index (χ2v) is 6.50. The minimum atomic E-state index is -0.565. The summed E-state index contributed by atoms with van der Waals surface area (Å²) < 4.78 is 12.2. The molecule has 1 N–H and O–H groups in total. The molecule has 3 aromatic rings. The van der Waals surface area contributed by atoms with Crippen molar-refractivity contribution >= 4 is 22.6 Å². The third kappa shape index (κ3) is 4.89. The van der Waals surface area contributed by atoms with Crippen molar-refractivity contribution in [2.75, 3.05) is 26.1 Å². The fraction of sp³-hybridized carbons (Fsp3) is 0.318. The van der Waals surface area contributed by atoms with E-state index in [1.807, 2.05) is 24.3 Å². The summed E-state index contributed by atoms with van der Waals surface area (Å²) >= 11 is 0. The first-order valence-electron chi connectivity index (χ1n) is 9.18. The zero-order chi connectivity index (χ0) is 19.1. The maximum atomic E-state index is 11.6. The number of fused-ring (bicyclic) bond motifs is 1. The molecule has 5 nitrogen and oxygen atoms in total. The minimum absolute atomic E-state index is 0.350. The van der Waals surface area contributed by atoms with Crippen LogP contribution in [-0.4, -0.2) is 37.4 Å². The van der Waals surface area contributed by atoms with Crippen molar-refractivity contribution in [2.45, 2.75) is 25.5 Å². The van der Waals surface area contributed by atoms with Crippen molar-refractivity contribution in [3.8, 4) is 0 Å². The molecule has 0 unspecified atom stereocenters. The Balaban J connectivity index is 1.47. The lowest BCUT2D eigenvalue weighted by Crippen LogP contribution is -2.26. The number of esters is 1. The normalized spacial score (nSPS) is 12.1. The summed E-state index contributed by atoms with van der Waals surface area (Å²) in [6, 6.07) is 18.7. The fourth-order valence-corrected chi connectivity index (χ4v) is 3.18. The molecule has 142 valence electrons. The fourth-order valence-electron chi connectivity index (χ4n) is 3.18. The van der Waals surface area contributed by atoms with Crippen molar-refractivity contribution in [1.29, 1.82) is 0 Å². The number of aromatic nitrogens is 1. The van der Waals surface area contributed by atoms with Crippen LogP contribution in [0.25, 0.3) is 10.9 Å². The molecule has 0 amide bonds. The quantitative estimate of drug-likeness (QED) is 0.461. The van der Waals surface area contributed by atoms with Gasteiger partial charge in [-0.15, -0.1) is 0 Å². The maximum Gasteiger partial charge on any atom is 0.335 e. The number of carbonyl (C=O) groups is 1. The number of anilines is 1. The topological polar surface area (TPSA) is 52.5 Å². The van der Waals surface area contributed by atoms with Crippen LogP contribution in [-0.2, 0) is 27.2 Å². The molecule has 0 aliphatic heterocycles. The smallest absolute Gasteiger partial charge is 0.335 e. The number of hydrogen-bond donors (Lipinski definition) is 1. The first-order valence-corrected chi connectivity index (χ1v) is 9.18. The molecule has 5 heteroatoms.